The average Bonchev–Trinajstić information content (AvgIpc) is 3.45. The van der Waals surface area contributed by atoms with Crippen LogP contribution in [0.5, 0.6) is 0 Å². The van der Waals surface area contributed by atoms with Crippen molar-refractivity contribution >= 4 is 29.4 Å². The zero-order valence-electron chi connectivity index (χ0n) is 18.2. The van der Waals surface area contributed by atoms with Gasteiger partial charge in [-0.15, -0.1) is 0 Å². The number of para-hydroxylation sites is 1. The van der Waals surface area contributed by atoms with Crippen LogP contribution in [0.1, 0.15) is 50.7 Å². The van der Waals surface area contributed by atoms with Crippen molar-refractivity contribution in [2.24, 2.45) is 23.7 Å². The van der Waals surface area contributed by atoms with Gasteiger partial charge in [-0.1, -0.05) is 32.0 Å². The van der Waals surface area contributed by atoms with E-state index < -0.39 is 18.5 Å². The zero-order chi connectivity index (χ0) is 22.1. The second-order valence-electron chi connectivity index (χ2n) is 8.83. The summed E-state index contributed by atoms with van der Waals surface area (Å²) < 4.78 is 5.10. The van der Waals surface area contributed by atoms with Gasteiger partial charge in [0.05, 0.1) is 18.3 Å². The smallest absolute Gasteiger partial charge is 0.308 e. The maximum Gasteiger partial charge on any atom is 0.308 e. The van der Waals surface area contributed by atoms with Crippen LogP contribution in [0.25, 0.3) is 0 Å². The fourth-order valence-electron chi connectivity index (χ4n) is 5.69. The summed E-state index contributed by atoms with van der Waals surface area (Å²) in [6.07, 6.45) is 4.51. The SMILES string of the molecule is CCc1cccc(CC)c1NC(=O)COC(=O)CCN1C(=O)[C@H]2[C@@H]3CC[C@@H](C3)[C@@H]2C1=O. The zero-order valence-corrected chi connectivity index (χ0v) is 18.2. The molecule has 3 fully saturated rings. The molecule has 7 heteroatoms. The molecule has 1 saturated heterocycles. The highest BCUT2D eigenvalue weighted by atomic mass is 16.5. The summed E-state index contributed by atoms with van der Waals surface area (Å²) >= 11 is 0. The van der Waals surface area contributed by atoms with E-state index in [-0.39, 0.29) is 36.6 Å². The van der Waals surface area contributed by atoms with Gasteiger partial charge >= 0.3 is 5.97 Å². The number of fused-ring (bicyclic) bond motifs is 5. The normalized spacial score (nSPS) is 26.3. The maximum absolute atomic E-state index is 12.7. The fraction of sp³-hybridized carbons (Fsp3) is 0.583. The van der Waals surface area contributed by atoms with Crippen LogP contribution in [0, 0.1) is 23.7 Å². The summed E-state index contributed by atoms with van der Waals surface area (Å²) in [7, 11) is 0. The summed E-state index contributed by atoms with van der Waals surface area (Å²) in [4.78, 5) is 51.1. The first-order valence-electron chi connectivity index (χ1n) is 11.4. The number of hydrogen-bond donors (Lipinski definition) is 1. The van der Waals surface area contributed by atoms with Crippen LogP contribution in [0.4, 0.5) is 5.69 Å². The molecule has 0 aromatic heterocycles. The van der Waals surface area contributed by atoms with Crippen molar-refractivity contribution in [1.29, 1.82) is 0 Å². The molecule has 3 amide bonds. The van der Waals surface area contributed by atoms with Crippen LogP contribution >= 0.6 is 0 Å². The number of esters is 1. The van der Waals surface area contributed by atoms with Crippen molar-refractivity contribution < 1.29 is 23.9 Å². The van der Waals surface area contributed by atoms with Gasteiger partial charge in [0, 0.05) is 12.2 Å². The number of likely N-dealkylation sites (tertiary alicyclic amines) is 1. The van der Waals surface area contributed by atoms with Gasteiger partial charge < -0.3 is 10.1 Å². The molecule has 0 spiro atoms. The highest BCUT2D eigenvalue weighted by molar-refractivity contribution is 6.06. The molecule has 1 aromatic carbocycles. The molecule has 0 radical (unpaired) electrons. The van der Waals surface area contributed by atoms with Crippen LogP contribution in [0.2, 0.25) is 0 Å². The predicted molar refractivity (Wildman–Crippen MR) is 114 cm³/mol. The third-order valence-corrected chi connectivity index (χ3v) is 7.19. The number of aryl methyl sites for hydroxylation is 2. The highest BCUT2D eigenvalue weighted by Gasteiger charge is 2.60. The minimum atomic E-state index is -0.588. The Morgan fingerprint density at radius 2 is 1.61 bits per heavy atom. The molecule has 0 unspecified atom stereocenters. The number of anilines is 1. The number of carbonyl (C=O) groups excluding carboxylic acids is 4. The Hall–Kier alpha value is -2.70. The van der Waals surface area contributed by atoms with E-state index in [1.54, 1.807) is 0 Å². The fourth-order valence-corrected chi connectivity index (χ4v) is 5.69. The van der Waals surface area contributed by atoms with E-state index in [0.717, 1.165) is 48.9 Å². The first-order valence-corrected chi connectivity index (χ1v) is 11.4. The van der Waals surface area contributed by atoms with Gasteiger partial charge in [-0.3, -0.25) is 24.1 Å². The predicted octanol–water partition coefficient (Wildman–Crippen LogP) is 2.71. The summed E-state index contributed by atoms with van der Waals surface area (Å²) in [6.45, 7) is 3.68. The first-order chi connectivity index (χ1) is 14.9. The summed E-state index contributed by atoms with van der Waals surface area (Å²) in [5, 5.41) is 2.86. The van der Waals surface area contributed by atoms with Crippen molar-refractivity contribution in [3.05, 3.63) is 29.3 Å². The van der Waals surface area contributed by atoms with Crippen LogP contribution in [0.3, 0.4) is 0 Å². The quantitative estimate of drug-likeness (QED) is 0.510. The van der Waals surface area contributed by atoms with E-state index in [1.165, 1.54) is 4.90 Å². The number of nitrogens with one attached hydrogen (secondary N) is 1. The molecule has 1 aromatic rings. The molecular formula is C24H30N2O5. The second-order valence-corrected chi connectivity index (χ2v) is 8.83. The lowest BCUT2D eigenvalue weighted by atomic mass is 9.81. The van der Waals surface area contributed by atoms with Gasteiger partial charge in [0.1, 0.15) is 0 Å². The average molecular weight is 427 g/mol. The second kappa shape index (κ2) is 8.81. The third kappa shape index (κ3) is 3.98. The number of hydrogen-bond acceptors (Lipinski definition) is 5. The number of rotatable bonds is 8. The van der Waals surface area contributed by atoms with Gasteiger partial charge in [-0.05, 0) is 55.1 Å². The van der Waals surface area contributed by atoms with E-state index in [9.17, 15) is 19.2 Å². The summed E-state index contributed by atoms with van der Waals surface area (Å²) in [5.41, 5.74) is 2.84. The van der Waals surface area contributed by atoms with E-state index in [1.807, 2.05) is 32.0 Å². The number of ether oxygens (including phenoxy) is 1. The van der Waals surface area contributed by atoms with E-state index in [0.29, 0.717) is 11.8 Å². The third-order valence-electron chi connectivity index (χ3n) is 7.19. The molecule has 166 valence electrons. The molecule has 1 heterocycles. The molecule has 7 nitrogen and oxygen atoms in total. The van der Waals surface area contributed by atoms with Gasteiger partial charge in [0.25, 0.3) is 5.91 Å². The molecule has 1 N–H and O–H groups in total. The van der Waals surface area contributed by atoms with Crippen LogP contribution < -0.4 is 5.32 Å². The molecule has 4 atom stereocenters. The molecule has 3 aliphatic rings. The molecule has 31 heavy (non-hydrogen) atoms. The van der Waals surface area contributed by atoms with Crippen molar-refractivity contribution in [2.75, 3.05) is 18.5 Å². The van der Waals surface area contributed by atoms with E-state index >= 15 is 0 Å². The van der Waals surface area contributed by atoms with Gasteiger partial charge in [-0.25, -0.2) is 0 Å². The first kappa shape index (κ1) is 21.5. The van der Waals surface area contributed by atoms with E-state index in [2.05, 4.69) is 5.32 Å². The van der Waals surface area contributed by atoms with Gasteiger partial charge in [0.2, 0.25) is 11.8 Å². The lowest BCUT2D eigenvalue weighted by Gasteiger charge is -2.19. The highest BCUT2D eigenvalue weighted by Crippen LogP contribution is 2.56. The van der Waals surface area contributed by atoms with Crippen LogP contribution in [0.15, 0.2) is 18.2 Å². The molecule has 1 aliphatic heterocycles. The molecular weight excluding hydrogens is 396 g/mol. The van der Waals surface area contributed by atoms with Gasteiger partial charge in [0.15, 0.2) is 6.61 Å². The number of benzene rings is 1. The minimum absolute atomic E-state index is 0.0310. The van der Waals surface area contributed by atoms with Crippen LogP contribution in [-0.2, 0) is 36.8 Å². The number of imide groups is 1. The molecule has 2 bridgehead atoms. The van der Waals surface area contributed by atoms with Crippen molar-refractivity contribution in [1.82, 2.24) is 4.90 Å². The van der Waals surface area contributed by atoms with Crippen molar-refractivity contribution in [3.8, 4) is 0 Å². The van der Waals surface area contributed by atoms with Gasteiger partial charge in [-0.2, -0.15) is 0 Å². The van der Waals surface area contributed by atoms with Crippen LogP contribution in [-0.4, -0.2) is 41.7 Å². The largest absolute Gasteiger partial charge is 0.456 e. The number of amides is 3. The standard InChI is InChI=1S/C24H30N2O5/c1-3-14-6-5-7-15(4-2)22(14)25-18(27)13-31-19(28)10-11-26-23(29)20-16-8-9-17(12-16)21(20)24(26)30/h5-7,16-17,20-21H,3-4,8-13H2,1-2H3,(H,25,27)/t16-,17+,20-,21-/m0/s1. The Labute approximate surface area is 182 Å². The molecule has 2 aliphatic carbocycles. The maximum atomic E-state index is 12.7. The Balaban J connectivity index is 1.26. The lowest BCUT2D eigenvalue weighted by molar-refractivity contribution is -0.149. The minimum Gasteiger partial charge on any atom is -0.456 e. The lowest BCUT2D eigenvalue weighted by Crippen LogP contribution is -2.35. The Kier molecular flexibility index (Phi) is 6.12. The number of nitrogens with zero attached hydrogens (tertiary/aromatic N) is 1. The molecule has 4 rings (SSSR count). The Morgan fingerprint density at radius 3 is 2.16 bits per heavy atom. The Morgan fingerprint density at radius 1 is 1.03 bits per heavy atom. The topological polar surface area (TPSA) is 92.8 Å². The van der Waals surface area contributed by atoms with Crippen molar-refractivity contribution in [2.45, 2.75) is 52.4 Å². The summed E-state index contributed by atoms with van der Waals surface area (Å²) in [5.74, 6) is -0.957. The Bertz CT molecular complexity index is 861. The summed E-state index contributed by atoms with van der Waals surface area (Å²) in [6, 6.07) is 5.90. The number of carbonyl (C=O) groups is 4. The van der Waals surface area contributed by atoms with E-state index in [4.69, 9.17) is 4.74 Å². The van der Waals surface area contributed by atoms with Crippen molar-refractivity contribution in [3.63, 3.8) is 0 Å². The molecule has 2 saturated carbocycles. The monoisotopic (exact) mass is 426 g/mol.